The maximum atomic E-state index is 12.4. The number of hydrogen-bond acceptors (Lipinski definition) is 9. The lowest BCUT2D eigenvalue weighted by molar-refractivity contribution is -0.127. The van der Waals surface area contributed by atoms with Gasteiger partial charge in [0, 0.05) is 60.7 Å². The molecule has 3 aromatic heterocycles. The normalized spacial score (nSPS) is 15.7. The van der Waals surface area contributed by atoms with E-state index in [1.54, 1.807) is 6.08 Å². The van der Waals surface area contributed by atoms with E-state index in [9.17, 15) is 4.79 Å². The van der Waals surface area contributed by atoms with Crippen molar-refractivity contribution in [1.29, 1.82) is 0 Å². The number of carbonyl (C=O) groups is 1. The fraction of sp³-hybridized carbons (Fsp3) is 0.343. The minimum Gasteiger partial charge on any atom is -0.380 e. The lowest BCUT2D eigenvalue weighted by Crippen LogP contribution is -2.66. The summed E-state index contributed by atoms with van der Waals surface area (Å²) in [4.78, 5) is 31.4. The smallest absolute Gasteiger partial charge is 0.248 e. The molecule has 5 aromatic rings. The summed E-state index contributed by atoms with van der Waals surface area (Å²) in [7, 11) is 3.93. The highest BCUT2D eigenvalue weighted by Crippen LogP contribution is 2.40. The molecule has 236 valence electrons. The second-order valence-corrected chi connectivity index (χ2v) is 12.9. The number of likely N-dealkylation sites (N-methyl/N-ethyl adjacent to an activating group) is 1. The predicted octanol–water partition coefficient (Wildman–Crippen LogP) is 4.97. The first-order chi connectivity index (χ1) is 22.3. The van der Waals surface area contributed by atoms with Gasteiger partial charge in [0.15, 0.2) is 5.65 Å². The molecule has 0 radical (unpaired) electrons. The van der Waals surface area contributed by atoms with Gasteiger partial charge in [0.05, 0.1) is 30.5 Å². The molecule has 2 aliphatic rings. The molecule has 2 saturated heterocycles. The number of nitrogens with zero attached hydrogens (tertiary/aromatic N) is 7. The van der Waals surface area contributed by atoms with E-state index in [-0.39, 0.29) is 17.2 Å². The van der Waals surface area contributed by atoms with E-state index < -0.39 is 0 Å². The van der Waals surface area contributed by atoms with Gasteiger partial charge in [-0.25, -0.2) is 0 Å². The van der Waals surface area contributed by atoms with Crippen LogP contribution < -0.4 is 15.5 Å². The van der Waals surface area contributed by atoms with Crippen LogP contribution in [-0.2, 0) is 16.1 Å². The number of hydrogen-bond donors (Lipinski definition) is 2. The number of aromatic nitrogens is 5. The van der Waals surface area contributed by atoms with E-state index >= 15 is 0 Å². The number of benzene rings is 2. The van der Waals surface area contributed by atoms with Gasteiger partial charge >= 0.3 is 0 Å². The van der Waals surface area contributed by atoms with Gasteiger partial charge in [0.1, 0.15) is 0 Å². The molecule has 0 unspecified atom stereocenters. The highest BCUT2D eigenvalue weighted by molar-refractivity contribution is 6.02. The molecule has 2 N–H and O–H groups in total. The van der Waals surface area contributed by atoms with Gasteiger partial charge in [-0.1, -0.05) is 50.3 Å². The van der Waals surface area contributed by atoms with Gasteiger partial charge in [-0.3, -0.25) is 9.78 Å². The van der Waals surface area contributed by atoms with Crippen LogP contribution in [0.15, 0.2) is 73.1 Å². The summed E-state index contributed by atoms with van der Waals surface area (Å²) in [5, 5.41) is 13.2. The topological polar surface area (TPSA) is 113 Å². The van der Waals surface area contributed by atoms with Gasteiger partial charge < -0.3 is 25.2 Å². The number of pyridine rings is 1. The molecule has 0 atom stereocenters. The Bertz CT molecular complexity index is 1940. The highest BCUT2D eigenvalue weighted by Gasteiger charge is 2.50. The van der Waals surface area contributed by atoms with E-state index in [4.69, 9.17) is 19.7 Å². The number of rotatable bonds is 10. The fourth-order valence-corrected chi connectivity index (χ4v) is 6.13. The molecule has 0 bridgehead atoms. The average molecular weight is 618 g/mol. The molecule has 2 aromatic carbocycles. The molecule has 0 saturated carbocycles. The number of amides is 1. The SMILES string of the molecule is CC(C)c1cnn2c(NCc3ccccc3-c3nccc4cc(NC(=O)/C=C/CN(C)C)ccc34)nc(N3CC4(COC4)C3)nc12. The monoisotopic (exact) mass is 617 g/mol. The van der Waals surface area contributed by atoms with Crippen LogP contribution in [0.4, 0.5) is 17.6 Å². The van der Waals surface area contributed by atoms with Crippen LogP contribution in [0.5, 0.6) is 0 Å². The van der Waals surface area contributed by atoms with Crippen molar-refractivity contribution in [3.05, 3.63) is 84.2 Å². The Morgan fingerprint density at radius 1 is 1.11 bits per heavy atom. The summed E-state index contributed by atoms with van der Waals surface area (Å²) >= 11 is 0. The maximum absolute atomic E-state index is 12.4. The van der Waals surface area contributed by atoms with Crippen LogP contribution in [0.1, 0.15) is 30.9 Å². The highest BCUT2D eigenvalue weighted by atomic mass is 16.5. The number of anilines is 3. The molecule has 5 heterocycles. The molecule has 11 heteroatoms. The average Bonchev–Trinajstić information content (AvgIpc) is 3.43. The predicted molar refractivity (Wildman–Crippen MR) is 181 cm³/mol. The Morgan fingerprint density at radius 3 is 2.70 bits per heavy atom. The number of nitrogens with one attached hydrogen (secondary N) is 2. The minimum absolute atomic E-state index is 0.155. The first kappa shape index (κ1) is 29.8. The minimum atomic E-state index is -0.155. The Balaban J connectivity index is 1.15. The zero-order valence-corrected chi connectivity index (χ0v) is 26.7. The second-order valence-electron chi connectivity index (χ2n) is 12.9. The summed E-state index contributed by atoms with van der Waals surface area (Å²) in [5.41, 5.74) is 5.88. The van der Waals surface area contributed by atoms with Crippen molar-refractivity contribution in [2.75, 3.05) is 62.5 Å². The van der Waals surface area contributed by atoms with Crippen LogP contribution in [-0.4, -0.2) is 82.3 Å². The molecule has 46 heavy (non-hydrogen) atoms. The third kappa shape index (κ3) is 5.79. The summed E-state index contributed by atoms with van der Waals surface area (Å²) < 4.78 is 7.29. The number of carbonyl (C=O) groups excluding carboxylic acids is 1. The van der Waals surface area contributed by atoms with Crippen molar-refractivity contribution in [2.24, 2.45) is 5.41 Å². The lowest BCUT2D eigenvalue weighted by Gasteiger charge is -2.54. The third-order valence-corrected chi connectivity index (χ3v) is 8.64. The van der Waals surface area contributed by atoms with E-state index in [2.05, 4.69) is 46.6 Å². The summed E-state index contributed by atoms with van der Waals surface area (Å²) in [5.74, 6) is 1.49. The first-order valence-corrected chi connectivity index (χ1v) is 15.7. The Hall–Kier alpha value is -4.87. The van der Waals surface area contributed by atoms with Gasteiger partial charge in [-0.05, 0) is 49.2 Å². The van der Waals surface area contributed by atoms with Crippen molar-refractivity contribution in [1.82, 2.24) is 29.5 Å². The van der Waals surface area contributed by atoms with Gasteiger partial charge in [-0.2, -0.15) is 19.6 Å². The zero-order valence-electron chi connectivity index (χ0n) is 26.7. The Labute approximate surface area is 268 Å². The summed E-state index contributed by atoms with van der Waals surface area (Å²) in [6.07, 6.45) is 7.12. The molecule has 2 aliphatic heterocycles. The van der Waals surface area contributed by atoms with E-state index in [0.717, 1.165) is 76.7 Å². The molecular formula is C35H39N9O2. The first-order valence-electron chi connectivity index (χ1n) is 15.7. The fourth-order valence-electron chi connectivity index (χ4n) is 6.13. The molecule has 11 nitrogen and oxygen atoms in total. The van der Waals surface area contributed by atoms with E-state index in [1.165, 1.54) is 0 Å². The molecule has 2 fully saturated rings. The quantitative estimate of drug-likeness (QED) is 0.210. The van der Waals surface area contributed by atoms with Gasteiger partial charge in [-0.15, -0.1) is 0 Å². The Kier molecular flexibility index (Phi) is 7.87. The van der Waals surface area contributed by atoms with Crippen LogP contribution >= 0.6 is 0 Å². The van der Waals surface area contributed by atoms with Crippen LogP contribution in [0, 0.1) is 5.41 Å². The number of fused-ring (bicyclic) bond motifs is 2. The van der Waals surface area contributed by atoms with Gasteiger partial charge in [0.2, 0.25) is 17.8 Å². The standard InChI is InChI=1S/C35H39N9O2/c1-23(2)29-18-38-44-32(29)40-34(43-19-35(20-43)21-46-22-35)41-33(44)37-17-25-8-5-6-9-27(25)31-28-12-11-26(16-24(28)13-14-36-31)39-30(45)10-7-15-42(3)4/h5-14,16,18,23H,15,17,19-22H2,1-4H3,(H,39,45)(H,37,40,41)/b10-7+. The summed E-state index contributed by atoms with van der Waals surface area (Å²) in [6, 6.07) is 16.2. The van der Waals surface area contributed by atoms with Crippen molar-refractivity contribution in [3.8, 4) is 11.3 Å². The zero-order chi connectivity index (χ0) is 31.8. The van der Waals surface area contributed by atoms with Crippen LogP contribution in [0.25, 0.3) is 27.7 Å². The van der Waals surface area contributed by atoms with Crippen molar-refractivity contribution < 1.29 is 9.53 Å². The maximum Gasteiger partial charge on any atom is 0.248 e. The molecule has 1 spiro atoms. The van der Waals surface area contributed by atoms with Gasteiger partial charge in [0.25, 0.3) is 0 Å². The van der Waals surface area contributed by atoms with Crippen molar-refractivity contribution in [3.63, 3.8) is 0 Å². The molecule has 0 aliphatic carbocycles. The largest absolute Gasteiger partial charge is 0.380 e. The molecule has 1 amide bonds. The van der Waals surface area contributed by atoms with Crippen molar-refractivity contribution >= 4 is 39.9 Å². The molecular weight excluding hydrogens is 578 g/mol. The van der Waals surface area contributed by atoms with Crippen LogP contribution in [0.2, 0.25) is 0 Å². The van der Waals surface area contributed by atoms with Crippen LogP contribution in [0.3, 0.4) is 0 Å². The third-order valence-electron chi connectivity index (χ3n) is 8.64. The van der Waals surface area contributed by atoms with Crippen molar-refractivity contribution in [2.45, 2.75) is 26.3 Å². The second kappa shape index (κ2) is 12.1. The number of ether oxygens (including phenoxy) is 1. The molecule has 7 rings (SSSR count). The van der Waals surface area contributed by atoms with E-state index in [0.29, 0.717) is 19.0 Å². The summed E-state index contributed by atoms with van der Waals surface area (Å²) in [6.45, 7) is 8.96. The Morgan fingerprint density at radius 2 is 1.93 bits per heavy atom. The lowest BCUT2D eigenvalue weighted by atomic mass is 9.78. The van der Waals surface area contributed by atoms with E-state index in [1.807, 2.05) is 78.4 Å².